The fourth-order valence-electron chi connectivity index (χ4n) is 3.21. The standard InChI is InChI=1S/C18H26N2O5/c1-18(2,3)20(17(22)23)13-8-9-19(16(13)21)11-12-6-7-14(24-4)15(10-12)25-5/h6-7,10,13H,8-9,11H2,1-5H3,(H,22,23). The summed E-state index contributed by atoms with van der Waals surface area (Å²) in [4.78, 5) is 27.3. The van der Waals surface area contributed by atoms with E-state index in [0.717, 1.165) is 5.56 Å². The van der Waals surface area contributed by atoms with Crippen molar-refractivity contribution < 1.29 is 24.2 Å². The monoisotopic (exact) mass is 350 g/mol. The Morgan fingerprint density at radius 3 is 2.44 bits per heavy atom. The zero-order chi connectivity index (χ0) is 18.8. The van der Waals surface area contributed by atoms with Gasteiger partial charge in [-0.15, -0.1) is 0 Å². The van der Waals surface area contributed by atoms with Gasteiger partial charge in [-0.2, -0.15) is 0 Å². The minimum Gasteiger partial charge on any atom is -0.493 e. The van der Waals surface area contributed by atoms with Crippen LogP contribution in [-0.4, -0.2) is 59.3 Å². The van der Waals surface area contributed by atoms with E-state index in [9.17, 15) is 14.7 Å². The van der Waals surface area contributed by atoms with Gasteiger partial charge in [0.25, 0.3) is 0 Å². The van der Waals surface area contributed by atoms with Crippen LogP contribution in [0.25, 0.3) is 0 Å². The highest BCUT2D eigenvalue weighted by Crippen LogP contribution is 2.30. The van der Waals surface area contributed by atoms with Crippen LogP contribution < -0.4 is 9.47 Å². The lowest BCUT2D eigenvalue weighted by molar-refractivity contribution is -0.133. The molecule has 0 radical (unpaired) electrons. The van der Waals surface area contributed by atoms with Gasteiger partial charge in [-0.25, -0.2) is 4.79 Å². The summed E-state index contributed by atoms with van der Waals surface area (Å²) in [6, 6.07) is 4.86. The van der Waals surface area contributed by atoms with Crippen LogP contribution >= 0.6 is 0 Å². The fraction of sp³-hybridized carbons (Fsp3) is 0.556. The van der Waals surface area contributed by atoms with E-state index in [0.29, 0.717) is 31.0 Å². The lowest BCUT2D eigenvalue weighted by Gasteiger charge is -2.36. The van der Waals surface area contributed by atoms with Crippen LogP contribution in [0.1, 0.15) is 32.8 Å². The normalized spacial score (nSPS) is 17.6. The number of carbonyl (C=O) groups excluding carboxylic acids is 1. The van der Waals surface area contributed by atoms with Crippen molar-refractivity contribution in [1.29, 1.82) is 0 Å². The average molecular weight is 350 g/mol. The topological polar surface area (TPSA) is 79.3 Å². The van der Waals surface area contributed by atoms with Gasteiger partial charge in [0.15, 0.2) is 11.5 Å². The quantitative estimate of drug-likeness (QED) is 0.883. The molecule has 7 heteroatoms. The molecule has 0 saturated carbocycles. The highest BCUT2D eigenvalue weighted by Gasteiger charge is 2.42. The van der Waals surface area contributed by atoms with Gasteiger partial charge in [0.1, 0.15) is 6.04 Å². The summed E-state index contributed by atoms with van der Waals surface area (Å²) in [6.45, 7) is 6.33. The van der Waals surface area contributed by atoms with E-state index in [-0.39, 0.29) is 5.91 Å². The number of ether oxygens (including phenoxy) is 2. The Balaban J connectivity index is 2.16. The number of benzene rings is 1. The maximum absolute atomic E-state index is 12.7. The third-order valence-electron chi connectivity index (χ3n) is 4.33. The summed E-state index contributed by atoms with van der Waals surface area (Å²) >= 11 is 0. The van der Waals surface area contributed by atoms with E-state index in [4.69, 9.17) is 9.47 Å². The summed E-state index contributed by atoms with van der Waals surface area (Å²) in [6.07, 6.45) is -0.575. The lowest BCUT2D eigenvalue weighted by atomic mass is 10.0. The van der Waals surface area contributed by atoms with Crippen LogP contribution in [0.15, 0.2) is 18.2 Å². The number of rotatable bonds is 5. The molecule has 138 valence electrons. The molecule has 1 heterocycles. The first-order valence-corrected chi connectivity index (χ1v) is 8.21. The highest BCUT2D eigenvalue weighted by atomic mass is 16.5. The van der Waals surface area contributed by atoms with Gasteiger partial charge in [-0.1, -0.05) is 6.07 Å². The van der Waals surface area contributed by atoms with Crippen LogP contribution in [0.2, 0.25) is 0 Å². The largest absolute Gasteiger partial charge is 0.493 e. The molecule has 2 rings (SSSR count). The van der Waals surface area contributed by atoms with Gasteiger partial charge in [0.05, 0.1) is 14.2 Å². The van der Waals surface area contributed by atoms with Crippen molar-refractivity contribution in [3.8, 4) is 11.5 Å². The number of nitrogens with zero attached hydrogens (tertiary/aromatic N) is 2. The van der Waals surface area contributed by atoms with Crippen LogP contribution in [0, 0.1) is 0 Å². The first-order chi connectivity index (χ1) is 11.7. The second kappa shape index (κ2) is 7.21. The SMILES string of the molecule is COc1ccc(CN2CCC(N(C(=O)O)C(C)(C)C)C2=O)cc1OC. The minimum absolute atomic E-state index is 0.160. The Bertz CT molecular complexity index is 653. The van der Waals surface area contributed by atoms with Gasteiger partial charge >= 0.3 is 6.09 Å². The molecule has 0 spiro atoms. The zero-order valence-corrected chi connectivity index (χ0v) is 15.4. The Morgan fingerprint density at radius 2 is 1.92 bits per heavy atom. The summed E-state index contributed by atoms with van der Waals surface area (Å²) in [5.74, 6) is 1.07. The van der Waals surface area contributed by atoms with Gasteiger partial charge < -0.3 is 19.5 Å². The van der Waals surface area contributed by atoms with Crippen molar-refractivity contribution in [2.75, 3.05) is 20.8 Å². The third kappa shape index (κ3) is 3.97. The highest BCUT2D eigenvalue weighted by molar-refractivity contribution is 5.87. The molecule has 1 unspecified atom stereocenters. The molecule has 1 aliphatic rings. The molecule has 1 aliphatic heterocycles. The van der Waals surface area contributed by atoms with Crippen molar-refractivity contribution in [3.05, 3.63) is 23.8 Å². The van der Waals surface area contributed by atoms with Crippen molar-refractivity contribution in [2.45, 2.75) is 45.3 Å². The smallest absolute Gasteiger partial charge is 0.408 e. The molecule has 1 aromatic rings. The van der Waals surface area contributed by atoms with Crippen LogP contribution in [0.3, 0.4) is 0 Å². The molecular weight excluding hydrogens is 324 g/mol. The number of carboxylic acid groups (broad SMARTS) is 1. The van der Waals surface area contributed by atoms with Crippen molar-refractivity contribution in [3.63, 3.8) is 0 Å². The van der Waals surface area contributed by atoms with Crippen molar-refractivity contribution in [1.82, 2.24) is 9.80 Å². The predicted octanol–water partition coefficient (Wildman–Crippen LogP) is 2.58. The predicted molar refractivity (Wildman–Crippen MR) is 93.0 cm³/mol. The molecule has 25 heavy (non-hydrogen) atoms. The van der Waals surface area contributed by atoms with Crippen LogP contribution in [-0.2, 0) is 11.3 Å². The minimum atomic E-state index is -1.07. The first kappa shape index (κ1) is 18.9. The number of amides is 2. The number of hydrogen-bond acceptors (Lipinski definition) is 4. The van der Waals surface area contributed by atoms with E-state index < -0.39 is 17.7 Å². The first-order valence-electron chi connectivity index (χ1n) is 8.21. The van der Waals surface area contributed by atoms with Crippen molar-refractivity contribution >= 4 is 12.0 Å². The molecule has 2 amide bonds. The summed E-state index contributed by atoms with van der Waals surface area (Å²) in [5.41, 5.74) is 0.273. The second-order valence-corrected chi connectivity index (χ2v) is 7.08. The molecular formula is C18H26N2O5. The van der Waals surface area contributed by atoms with E-state index in [1.807, 2.05) is 12.1 Å². The maximum atomic E-state index is 12.7. The summed E-state index contributed by atoms with van der Waals surface area (Å²) in [5, 5.41) is 9.51. The zero-order valence-electron chi connectivity index (χ0n) is 15.4. The van der Waals surface area contributed by atoms with Crippen LogP contribution in [0.5, 0.6) is 11.5 Å². The Morgan fingerprint density at radius 1 is 1.28 bits per heavy atom. The summed E-state index contributed by atoms with van der Waals surface area (Å²) in [7, 11) is 3.13. The number of likely N-dealkylation sites (tertiary alicyclic amines) is 1. The number of hydrogen-bond donors (Lipinski definition) is 1. The average Bonchev–Trinajstić information content (AvgIpc) is 2.86. The van der Waals surface area contributed by atoms with Crippen molar-refractivity contribution in [2.24, 2.45) is 0 Å². The molecule has 7 nitrogen and oxygen atoms in total. The second-order valence-electron chi connectivity index (χ2n) is 7.08. The van der Waals surface area contributed by atoms with E-state index in [1.165, 1.54) is 4.90 Å². The maximum Gasteiger partial charge on any atom is 0.408 e. The molecule has 0 aliphatic carbocycles. The molecule has 1 saturated heterocycles. The number of methoxy groups -OCH3 is 2. The molecule has 1 fully saturated rings. The van der Waals surface area contributed by atoms with Gasteiger partial charge in [-0.05, 0) is 44.9 Å². The molecule has 0 aromatic heterocycles. The molecule has 1 atom stereocenters. The van der Waals surface area contributed by atoms with Gasteiger partial charge in [-0.3, -0.25) is 9.69 Å². The van der Waals surface area contributed by atoms with Crippen LogP contribution in [0.4, 0.5) is 4.79 Å². The van der Waals surface area contributed by atoms with Gasteiger partial charge in [0, 0.05) is 18.6 Å². The third-order valence-corrected chi connectivity index (χ3v) is 4.33. The number of carbonyl (C=O) groups is 2. The summed E-state index contributed by atoms with van der Waals surface area (Å²) < 4.78 is 10.5. The molecule has 1 N–H and O–H groups in total. The van der Waals surface area contributed by atoms with E-state index in [1.54, 1.807) is 46.0 Å². The van der Waals surface area contributed by atoms with E-state index in [2.05, 4.69) is 0 Å². The fourth-order valence-corrected chi connectivity index (χ4v) is 3.21. The molecule has 0 bridgehead atoms. The Labute approximate surface area is 148 Å². The lowest BCUT2D eigenvalue weighted by Crippen LogP contribution is -2.53. The Kier molecular flexibility index (Phi) is 5.45. The van der Waals surface area contributed by atoms with E-state index >= 15 is 0 Å². The molecule has 1 aromatic carbocycles. The van der Waals surface area contributed by atoms with Gasteiger partial charge in [0.2, 0.25) is 5.91 Å². The Hall–Kier alpha value is -2.44.